The van der Waals surface area contributed by atoms with Gasteiger partial charge in [-0.05, 0) is 24.1 Å². The number of nitrogens with zero attached hydrogens (tertiary/aromatic N) is 1. The normalized spacial score (nSPS) is 17.0. The minimum Gasteiger partial charge on any atom is -0.502 e. The summed E-state index contributed by atoms with van der Waals surface area (Å²) in [4.78, 5) is 2.53. The summed E-state index contributed by atoms with van der Waals surface area (Å²) in [5.74, 6) is 1.04. The summed E-state index contributed by atoms with van der Waals surface area (Å²) in [5.41, 5.74) is 1.16. The highest BCUT2D eigenvalue weighted by molar-refractivity contribution is 5.53. The van der Waals surface area contributed by atoms with Crippen LogP contribution in [0.1, 0.15) is 44.2 Å². The van der Waals surface area contributed by atoms with Gasteiger partial charge in [0.2, 0.25) is 5.75 Å². The Morgan fingerprint density at radius 1 is 1.13 bits per heavy atom. The van der Waals surface area contributed by atoms with Crippen molar-refractivity contribution in [1.82, 2.24) is 10.2 Å². The smallest absolute Gasteiger partial charge is 0.200 e. The Kier molecular flexibility index (Phi) is 6.99. The lowest BCUT2D eigenvalue weighted by Crippen LogP contribution is -2.45. The summed E-state index contributed by atoms with van der Waals surface area (Å²) in [6, 6.07) is 4.25. The molecule has 1 atom stereocenters. The Morgan fingerprint density at radius 2 is 1.74 bits per heavy atom. The number of unbranched alkanes of at least 4 members (excludes halogenated alkanes) is 2. The minimum atomic E-state index is 0.0753. The van der Waals surface area contributed by atoms with Crippen LogP contribution in [0.5, 0.6) is 17.2 Å². The quantitative estimate of drug-likeness (QED) is 0.721. The molecule has 1 aliphatic rings. The Morgan fingerprint density at radius 3 is 2.26 bits per heavy atom. The second kappa shape index (κ2) is 8.99. The van der Waals surface area contributed by atoms with E-state index in [0.717, 1.165) is 38.2 Å². The van der Waals surface area contributed by atoms with Crippen LogP contribution < -0.4 is 14.8 Å². The van der Waals surface area contributed by atoms with Gasteiger partial charge in [0.15, 0.2) is 11.5 Å². The maximum Gasteiger partial charge on any atom is 0.200 e. The molecule has 130 valence electrons. The second-order valence-electron chi connectivity index (χ2n) is 6.07. The number of phenols is 1. The highest BCUT2D eigenvalue weighted by Crippen LogP contribution is 2.40. The molecule has 23 heavy (non-hydrogen) atoms. The van der Waals surface area contributed by atoms with Crippen LogP contribution in [0.3, 0.4) is 0 Å². The van der Waals surface area contributed by atoms with Crippen molar-refractivity contribution in [2.75, 3.05) is 40.4 Å². The van der Waals surface area contributed by atoms with Gasteiger partial charge in [0.25, 0.3) is 0 Å². The third kappa shape index (κ3) is 4.52. The minimum absolute atomic E-state index is 0.0753. The number of methoxy groups -OCH3 is 2. The van der Waals surface area contributed by atoms with Gasteiger partial charge in [-0.15, -0.1) is 0 Å². The van der Waals surface area contributed by atoms with Crippen LogP contribution in [0.2, 0.25) is 0 Å². The predicted molar refractivity (Wildman–Crippen MR) is 92.5 cm³/mol. The number of aromatic hydroxyl groups is 1. The molecule has 1 fully saturated rings. The Hall–Kier alpha value is -1.46. The van der Waals surface area contributed by atoms with Crippen LogP contribution in [0.4, 0.5) is 0 Å². The topological polar surface area (TPSA) is 54.0 Å². The summed E-state index contributed by atoms with van der Waals surface area (Å²) >= 11 is 0. The number of hydrogen-bond donors (Lipinski definition) is 2. The first-order chi connectivity index (χ1) is 11.2. The van der Waals surface area contributed by atoms with Gasteiger partial charge in [-0.1, -0.05) is 26.2 Å². The first-order valence-corrected chi connectivity index (χ1v) is 8.60. The van der Waals surface area contributed by atoms with Crippen LogP contribution >= 0.6 is 0 Å². The van der Waals surface area contributed by atoms with E-state index in [1.807, 2.05) is 12.1 Å². The molecule has 1 aromatic rings. The molecule has 0 aliphatic carbocycles. The molecule has 0 spiro atoms. The van der Waals surface area contributed by atoms with Gasteiger partial charge in [0, 0.05) is 32.2 Å². The maximum absolute atomic E-state index is 10.1. The Labute approximate surface area is 139 Å². The van der Waals surface area contributed by atoms with E-state index in [2.05, 4.69) is 17.1 Å². The molecule has 0 saturated carbocycles. The number of nitrogens with one attached hydrogen (secondary N) is 1. The molecule has 0 aromatic heterocycles. The van der Waals surface area contributed by atoms with E-state index in [1.54, 1.807) is 14.2 Å². The highest BCUT2D eigenvalue weighted by atomic mass is 16.5. The van der Waals surface area contributed by atoms with Crippen molar-refractivity contribution in [3.05, 3.63) is 17.7 Å². The zero-order valence-corrected chi connectivity index (χ0v) is 14.6. The van der Waals surface area contributed by atoms with Crippen molar-refractivity contribution in [3.63, 3.8) is 0 Å². The summed E-state index contributed by atoms with van der Waals surface area (Å²) in [6.45, 7) is 6.37. The lowest BCUT2D eigenvalue weighted by atomic mass is 9.97. The fourth-order valence-electron chi connectivity index (χ4n) is 3.25. The van der Waals surface area contributed by atoms with Gasteiger partial charge in [0.1, 0.15) is 0 Å². The second-order valence-corrected chi connectivity index (χ2v) is 6.07. The molecule has 2 rings (SSSR count). The number of rotatable bonds is 8. The van der Waals surface area contributed by atoms with Crippen molar-refractivity contribution >= 4 is 0 Å². The van der Waals surface area contributed by atoms with Crippen LogP contribution in [0, 0.1) is 0 Å². The van der Waals surface area contributed by atoms with E-state index < -0.39 is 0 Å². The first kappa shape index (κ1) is 17.9. The molecule has 5 heteroatoms. The summed E-state index contributed by atoms with van der Waals surface area (Å²) in [5, 5.41) is 13.6. The largest absolute Gasteiger partial charge is 0.502 e. The zero-order valence-electron chi connectivity index (χ0n) is 14.6. The van der Waals surface area contributed by atoms with Crippen LogP contribution in [0.15, 0.2) is 12.1 Å². The molecule has 1 saturated heterocycles. The Balaban J connectivity index is 2.28. The summed E-state index contributed by atoms with van der Waals surface area (Å²) in [6.07, 6.45) is 4.78. The lowest BCUT2D eigenvalue weighted by Gasteiger charge is -2.35. The van der Waals surface area contributed by atoms with Gasteiger partial charge in [0.05, 0.1) is 14.2 Å². The van der Waals surface area contributed by atoms with E-state index >= 15 is 0 Å². The van der Waals surface area contributed by atoms with Gasteiger partial charge in [-0.3, -0.25) is 4.90 Å². The predicted octanol–water partition coefficient (Wildman–Crippen LogP) is 2.94. The molecule has 0 unspecified atom stereocenters. The lowest BCUT2D eigenvalue weighted by molar-refractivity contribution is 0.162. The van der Waals surface area contributed by atoms with Crippen molar-refractivity contribution in [2.45, 2.75) is 38.6 Å². The van der Waals surface area contributed by atoms with Crippen molar-refractivity contribution in [2.24, 2.45) is 0 Å². The summed E-state index contributed by atoms with van der Waals surface area (Å²) in [7, 11) is 3.16. The van der Waals surface area contributed by atoms with Crippen molar-refractivity contribution < 1.29 is 14.6 Å². The zero-order chi connectivity index (χ0) is 16.7. The molecule has 0 bridgehead atoms. The molecule has 0 radical (unpaired) electrons. The number of hydrogen-bond acceptors (Lipinski definition) is 5. The fraction of sp³-hybridized carbons (Fsp3) is 0.667. The molecule has 2 N–H and O–H groups in total. The monoisotopic (exact) mass is 322 g/mol. The average molecular weight is 322 g/mol. The molecule has 1 aliphatic heterocycles. The third-order valence-corrected chi connectivity index (χ3v) is 4.56. The molecular weight excluding hydrogens is 292 g/mol. The maximum atomic E-state index is 10.1. The Bertz CT molecular complexity index is 462. The molecular formula is C18H30N2O3. The van der Waals surface area contributed by atoms with Gasteiger partial charge >= 0.3 is 0 Å². The molecule has 0 amide bonds. The fourth-order valence-corrected chi connectivity index (χ4v) is 3.25. The molecule has 5 nitrogen and oxygen atoms in total. The van der Waals surface area contributed by atoms with Gasteiger partial charge in [-0.25, -0.2) is 0 Å². The van der Waals surface area contributed by atoms with E-state index in [1.165, 1.54) is 19.3 Å². The average Bonchev–Trinajstić information content (AvgIpc) is 2.60. The van der Waals surface area contributed by atoms with Crippen molar-refractivity contribution in [3.8, 4) is 17.2 Å². The van der Waals surface area contributed by atoms with Crippen LogP contribution in [-0.2, 0) is 0 Å². The third-order valence-electron chi connectivity index (χ3n) is 4.56. The highest BCUT2D eigenvalue weighted by Gasteiger charge is 2.24. The number of phenolic OH excluding ortho intramolecular Hbond substituents is 1. The first-order valence-electron chi connectivity index (χ1n) is 8.60. The number of benzene rings is 1. The van der Waals surface area contributed by atoms with E-state index in [-0.39, 0.29) is 5.75 Å². The molecule has 1 heterocycles. The number of ether oxygens (including phenoxy) is 2. The standard InChI is InChI=1S/C18H30N2O3/c1-4-5-6-7-15(20-10-8-19-9-11-20)14-12-16(22-2)18(21)17(13-14)23-3/h12-13,15,19,21H,4-11H2,1-3H3/t15-/m1/s1. The van der Waals surface area contributed by atoms with E-state index in [9.17, 15) is 5.11 Å². The van der Waals surface area contributed by atoms with Crippen LogP contribution in [0.25, 0.3) is 0 Å². The van der Waals surface area contributed by atoms with E-state index in [0.29, 0.717) is 17.5 Å². The van der Waals surface area contributed by atoms with Crippen molar-refractivity contribution in [1.29, 1.82) is 0 Å². The van der Waals surface area contributed by atoms with Gasteiger partial charge < -0.3 is 19.9 Å². The van der Waals surface area contributed by atoms with Crippen LogP contribution in [-0.4, -0.2) is 50.4 Å². The summed E-state index contributed by atoms with van der Waals surface area (Å²) < 4.78 is 10.7. The SMILES string of the molecule is CCCCC[C@H](c1cc(OC)c(O)c(OC)c1)N1CCNCC1. The van der Waals surface area contributed by atoms with Gasteiger partial charge in [-0.2, -0.15) is 0 Å². The molecule has 1 aromatic carbocycles. The number of piperazine rings is 1. The van der Waals surface area contributed by atoms with E-state index in [4.69, 9.17) is 9.47 Å².